The Bertz CT molecular complexity index is 476. The lowest BCUT2D eigenvalue weighted by molar-refractivity contribution is -0.117. The molecule has 1 aliphatic heterocycles. The molecule has 1 aliphatic rings. The molecule has 0 aliphatic carbocycles. The normalized spacial score (nSPS) is 22.3. The Hall–Kier alpha value is -0.770. The van der Waals surface area contributed by atoms with Crippen LogP contribution in [-0.2, 0) is 4.74 Å². The second-order valence-electron chi connectivity index (χ2n) is 5.32. The summed E-state index contributed by atoms with van der Waals surface area (Å²) in [6.45, 7) is 4.94. The predicted molar refractivity (Wildman–Crippen MR) is 77.0 cm³/mol. The van der Waals surface area contributed by atoms with Gasteiger partial charge in [0.1, 0.15) is 0 Å². The van der Waals surface area contributed by atoms with E-state index in [-0.39, 0.29) is 12.0 Å². The molecule has 1 saturated heterocycles. The van der Waals surface area contributed by atoms with Crippen LogP contribution in [0.1, 0.15) is 24.2 Å². The van der Waals surface area contributed by atoms with E-state index in [2.05, 4.69) is 0 Å². The van der Waals surface area contributed by atoms with E-state index >= 15 is 0 Å². The standard InChI is InChI=1S/C14H17Cl2NO2/c1-14(2)9-17(8-10(7-15)19-14)13(18)11-5-3-4-6-12(11)16/h3-6,10H,7-9H2,1-2H3. The number of morpholine rings is 1. The van der Waals surface area contributed by atoms with E-state index < -0.39 is 5.60 Å². The molecule has 1 aromatic rings. The Morgan fingerprint density at radius 1 is 1.47 bits per heavy atom. The van der Waals surface area contributed by atoms with Crippen molar-refractivity contribution in [2.75, 3.05) is 19.0 Å². The maximum atomic E-state index is 12.5. The molecule has 0 aromatic heterocycles. The van der Waals surface area contributed by atoms with Gasteiger partial charge in [0.25, 0.3) is 5.91 Å². The average Bonchev–Trinajstić information content (AvgIpc) is 2.36. The predicted octanol–water partition coefficient (Wildman–Crippen LogP) is 3.20. The molecule has 19 heavy (non-hydrogen) atoms. The first-order valence-corrected chi connectivity index (χ1v) is 7.12. The fraction of sp³-hybridized carbons (Fsp3) is 0.500. The van der Waals surface area contributed by atoms with Crippen molar-refractivity contribution in [2.24, 2.45) is 0 Å². The highest BCUT2D eigenvalue weighted by Crippen LogP contribution is 2.25. The second-order valence-corrected chi connectivity index (χ2v) is 6.04. The summed E-state index contributed by atoms with van der Waals surface area (Å²) in [7, 11) is 0. The molecule has 104 valence electrons. The Morgan fingerprint density at radius 2 is 2.16 bits per heavy atom. The maximum Gasteiger partial charge on any atom is 0.255 e. The van der Waals surface area contributed by atoms with Crippen LogP contribution < -0.4 is 0 Å². The molecular weight excluding hydrogens is 285 g/mol. The molecule has 1 atom stereocenters. The fourth-order valence-corrected chi connectivity index (χ4v) is 2.71. The zero-order chi connectivity index (χ0) is 14.0. The van der Waals surface area contributed by atoms with Crippen LogP contribution in [0.2, 0.25) is 5.02 Å². The van der Waals surface area contributed by atoms with Gasteiger partial charge in [-0.3, -0.25) is 4.79 Å². The molecule has 0 radical (unpaired) electrons. The van der Waals surface area contributed by atoms with Crippen molar-refractivity contribution in [3.05, 3.63) is 34.9 Å². The summed E-state index contributed by atoms with van der Waals surface area (Å²) < 4.78 is 5.81. The lowest BCUT2D eigenvalue weighted by Gasteiger charge is -2.42. The van der Waals surface area contributed by atoms with Gasteiger partial charge in [0.2, 0.25) is 0 Å². The monoisotopic (exact) mass is 301 g/mol. The van der Waals surface area contributed by atoms with E-state index in [1.165, 1.54) is 0 Å². The Kier molecular flexibility index (Phi) is 4.39. The lowest BCUT2D eigenvalue weighted by Crippen LogP contribution is -2.55. The van der Waals surface area contributed by atoms with E-state index in [1.54, 1.807) is 17.0 Å². The zero-order valence-corrected chi connectivity index (χ0v) is 12.5. The summed E-state index contributed by atoms with van der Waals surface area (Å²) in [5, 5.41) is 0.472. The van der Waals surface area contributed by atoms with Gasteiger partial charge in [-0.15, -0.1) is 11.6 Å². The van der Waals surface area contributed by atoms with E-state index in [1.807, 2.05) is 26.0 Å². The first-order valence-electron chi connectivity index (χ1n) is 6.20. The molecular formula is C14H17Cl2NO2. The molecule has 1 aromatic carbocycles. The highest BCUT2D eigenvalue weighted by Gasteiger charge is 2.35. The summed E-state index contributed by atoms with van der Waals surface area (Å²) in [5.74, 6) is 0.299. The third kappa shape index (κ3) is 3.41. The number of hydrogen-bond donors (Lipinski definition) is 0. The highest BCUT2D eigenvalue weighted by molar-refractivity contribution is 6.33. The van der Waals surface area contributed by atoms with Gasteiger partial charge in [-0.25, -0.2) is 0 Å². The minimum Gasteiger partial charge on any atom is -0.367 e. The van der Waals surface area contributed by atoms with Gasteiger partial charge in [0.15, 0.2) is 0 Å². The van der Waals surface area contributed by atoms with Crippen LogP contribution >= 0.6 is 23.2 Å². The minimum absolute atomic E-state index is 0.0721. The summed E-state index contributed by atoms with van der Waals surface area (Å²) in [5.41, 5.74) is 0.129. The smallest absolute Gasteiger partial charge is 0.255 e. The Balaban J connectivity index is 2.21. The highest BCUT2D eigenvalue weighted by atomic mass is 35.5. The third-order valence-corrected chi connectivity index (χ3v) is 3.72. The number of alkyl halides is 1. The second kappa shape index (κ2) is 5.70. The Morgan fingerprint density at radius 3 is 2.79 bits per heavy atom. The van der Waals surface area contributed by atoms with Gasteiger partial charge in [0.05, 0.1) is 28.2 Å². The number of hydrogen-bond acceptors (Lipinski definition) is 2. The maximum absolute atomic E-state index is 12.5. The van der Waals surface area contributed by atoms with Crippen molar-refractivity contribution in [1.82, 2.24) is 4.90 Å². The fourth-order valence-electron chi connectivity index (χ4n) is 2.34. The first-order chi connectivity index (χ1) is 8.93. The van der Waals surface area contributed by atoms with Crippen molar-refractivity contribution in [1.29, 1.82) is 0 Å². The number of carbonyl (C=O) groups is 1. The number of halogens is 2. The van der Waals surface area contributed by atoms with E-state index in [0.29, 0.717) is 29.6 Å². The van der Waals surface area contributed by atoms with Crippen molar-refractivity contribution in [3.63, 3.8) is 0 Å². The van der Waals surface area contributed by atoms with E-state index in [9.17, 15) is 4.79 Å². The summed E-state index contributed by atoms with van der Waals surface area (Å²) in [6.07, 6.45) is -0.142. The van der Waals surface area contributed by atoms with Gasteiger partial charge < -0.3 is 9.64 Å². The third-order valence-electron chi connectivity index (χ3n) is 3.04. The average molecular weight is 302 g/mol. The van der Waals surface area contributed by atoms with Gasteiger partial charge >= 0.3 is 0 Å². The van der Waals surface area contributed by atoms with Crippen molar-refractivity contribution < 1.29 is 9.53 Å². The quantitative estimate of drug-likeness (QED) is 0.785. The van der Waals surface area contributed by atoms with Crippen LogP contribution in [0.3, 0.4) is 0 Å². The van der Waals surface area contributed by atoms with Gasteiger partial charge in [-0.2, -0.15) is 0 Å². The van der Waals surface area contributed by atoms with Crippen molar-refractivity contribution >= 4 is 29.1 Å². The van der Waals surface area contributed by atoms with E-state index in [0.717, 1.165) is 0 Å². The zero-order valence-electron chi connectivity index (χ0n) is 11.0. The SMILES string of the molecule is CC1(C)CN(C(=O)c2ccccc2Cl)CC(CCl)O1. The molecule has 0 spiro atoms. The van der Waals surface area contributed by atoms with Gasteiger partial charge in [-0.05, 0) is 26.0 Å². The number of benzene rings is 1. The summed E-state index contributed by atoms with van der Waals surface area (Å²) in [4.78, 5) is 14.3. The topological polar surface area (TPSA) is 29.5 Å². The number of amides is 1. The van der Waals surface area contributed by atoms with Crippen LogP contribution in [0, 0.1) is 0 Å². The molecule has 2 rings (SSSR count). The molecule has 1 unspecified atom stereocenters. The number of ether oxygens (including phenoxy) is 1. The molecule has 3 nitrogen and oxygen atoms in total. The lowest BCUT2D eigenvalue weighted by atomic mass is 10.0. The first kappa shape index (κ1) is 14.6. The van der Waals surface area contributed by atoms with Gasteiger partial charge in [0, 0.05) is 13.1 Å². The largest absolute Gasteiger partial charge is 0.367 e. The molecule has 1 fully saturated rings. The summed E-state index contributed by atoms with van der Waals surface area (Å²) >= 11 is 11.9. The molecule has 1 heterocycles. The molecule has 1 amide bonds. The Labute approximate surface area is 123 Å². The number of rotatable bonds is 2. The van der Waals surface area contributed by atoms with Crippen LogP contribution in [0.5, 0.6) is 0 Å². The van der Waals surface area contributed by atoms with Crippen LogP contribution in [0.15, 0.2) is 24.3 Å². The van der Waals surface area contributed by atoms with Crippen molar-refractivity contribution in [2.45, 2.75) is 25.6 Å². The van der Waals surface area contributed by atoms with Crippen molar-refractivity contribution in [3.8, 4) is 0 Å². The molecule has 0 bridgehead atoms. The van der Waals surface area contributed by atoms with E-state index in [4.69, 9.17) is 27.9 Å². The molecule has 0 N–H and O–H groups in total. The van der Waals surface area contributed by atoms with Gasteiger partial charge in [-0.1, -0.05) is 23.7 Å². The summed E-state index contributed by atoms with van der Waals surface area (Å²) in [6, 6.07) is 7.08. The van der Waals surface area contributed by atoms with Crippen LogP contribution in [0.25, 0.3) is 0 Å². The van der Waals surface area contributed by atoms with Crippen LogP contribution in [-0.4, -0.2) is 41.5 Å². The molecule has 0 saturated carbocycles. The number of carbonyl (C=O) groups excluding carboxylic acids is 1. The number of nitrogens with zero attached hydrogens (tertiary/aromatic N) is 1. The molecule has 5 heteroatoms. The van der Waals surface area contributed by atoms with Crippen LogP contribution in [0.4, 0.5) is 0 Å². The minimum atomic E-state index is -0.394.